The van der Waals surface area contributed by atoms with Crippen LogP contribution in [0.5, 0.6) is 0 Å². The number of benzene rings is 2. The molecule has 2 aromatic carbocycles. The molecule has 4 rings (SSSR count). The highest BCUT2D eigenvalue weighted by atomic mass is 35.5. The van der Waals surface area contributed by atoms with Gasteiger partial charge in [-0.2, -0.15) is 0 Å². The molecule has 2 aromatic heterocycles. The van der Waals surface area contributed by atoms with Gasteiger partial charge in [-0.15, -0.1) is 0 Å². The highest BCUT2D eigenvalue weighted by molar-refractivity contribution is 6.35. The highest BCUT2D eigenvalue weighted by Gasteiger charge is 2.25. The molecule has 0 spiro atoms. The summed E-state index contributed by atoms with van der Waals surface area (Å²) in [5, 5.41) is 4.18. The second-order valence-corrected chi connectivity index (χ2v) is 8.24. The maximum atomic E-state index is 13.2. The molecular weight excluding hydrogens is 433 g/mol. The summed E-state index contributed by atoms with van der Waals surface area (Å²) in [7, 11) is 0. The molecule has 0 bridgehead atoms. The first-order valence-corrected chi connectivity index (χ1v) is 11.0. The van der Waals surface area contributed by atoms with Gasteiger partial charge in [0.1, 0.15) is 17.6 Å². The number of amides is 1. The van der Waals surface area contributed by atoms with E-state index >= 15 is 0 Å². The lowest BCUT2D eigenvalue weighted by Crippen LogP contribution is -2.33. The van der Waals surface area contributed by atoms with Gasteiger partial charge < -0.3 is 14.3 Å². The largest absolute Gasteiger partial charge is 0.467 e. The Morgan fingerprint density at radius 2 is 2.00 bits per heavy atom. The Bertz CT molecular complexity index is 1180. The number of imidazole rings is 1. The number of furan rings is 1. The molecule has 0 saturated carbocycles. The van der Waals surface area contributed by atoms with Crippen molar-refractivity contribution in [1.82, 2.24) is 14.9 Å². The fraction of sp³-hybridized carbons (Fsp3) is 0.250. The molecule has 0 aliphatic heterocycles. The first-order chi connectivity index (χ1) is 15.1. The summed E-state index contributed by atoms with van der Waals surface area (Å²) in [6.07, 6.45) is 3.64. The first-order valence-electron chi connectivity index (χ1n) is 10.3. The van der Waals surface area contributed by atoms with Gasteiger partial charge in [0.15, 0.2) is 0 Å². The summed E-state index contributed by atoms with van der Waals surface area (Å²) in [4.78, 5) is 18.1. The number of carbonyl (C=O) groups excluding carboxylic acids is 1. The molecule has 31 heavy (non-hydrogen) atoms. The van der Waals surface area contributed by atoms with Crippen molar-refractivity contribution in [3.63, 3.8) is 0 Å². The number of nitrogens with one attached hydrogen (secondary N) is 1. The van der Waals surface area contributed by atoms with Crippen LogP contribution in [0.4, 0.5) is 0 Å². The third-order valence-electron chi connectivity index (χ3n) is 5.23. The number of hydrogen-bond donors (Lipinski definition) is 1. The minimum absolute atomic E-state index is 0.0649. The summed E-state index contributed by atoms with van der Waals surface area (Å²) in [6.45, 7) is 2.42. The molecule has 2 heterocycles. The van der Waals surface area contributed by atoms with Crippen molar-refractivity contribution in [2.45, 2.75) is 38.8 Å². The van der Waals surface area contributed by atoms with Gasteiger partial charge in [-0.3, -0.25) is 4.79 Å². The van der Waals surface area contributed by atoms with Crippen molar-refractivity contribution in [1.29, 1.82) is 0 Å². The Hall–Kier alpha value is -2.76. The molecule has 0 aliphatic rings. The molecule has 1 unspecified atom stereocenters. The second kappa shape index (κ2) is 9.58. The van der Waals surface area contributed by atoms with Crippen LogP contribution in [0.25, 0.3) is 11.0 Å². The zero-order valence-corrected chi connectivity index (χ0v) is 18.7. The highest BCUT2D eigenvalue weighted by Crippen LogP contribution is 2.29. The van der Waals surface area contributed by atoms with E-state index in [0.29, 0.717) is 35.2 Å². The molecule has 5 nitrogen and oxygen atoms in total. The van der Waals surface area contributed by atoms with E-state index in [9.17, 15) is 4.79 Å². The zero-order chi connectivity index (χ0) is 21.8. The SMILES string of the molecule is CCCC(C(=O)NCc1ccco1)n1c(Cc2ccc(Cl)cc2Cl)nc2ccccc21. The zero-order valence-electron chi connectivity index (χ0n) is 17.1. The van der Waals surface area contributed by atoms with Crippen molar-refractivity contribution < 1.29 is 9.21 Å². The molecule has 0 saturated heterocycles. The summed E-state index contributed by atoms with van der Waals surface area (Å²) < 4.78 is 7.39. The number of halogens is 2. The van der Waals surface area contributed by atoms with Crippen molar-refractivity contribution in [2.24, 2.45) is 0 Å². The van der Waals surface area contributed by atoms with Gasteiger partial charge in [0.2, 0.25) is 5.91 Å². The van der Waals surface area contributed by atoms with E-state index in [1.54, 1.807) is 12.3 Å². The topological polar surface area (TPSA) is 60.1 Å². The van der Waals surface area contributed by atoms with E-state index in [0.717, 1.165) is 28.8 Å². The lowest BCUT2D eigenvalue weighted by molar-refractivity contribution is -0.124. The Morgan fingerprint density at radius 1 is 1.16 bits per heavy atom. The smallest absolute Gasteiger partial charge is 0.243 e. The fourth-order valence-electron chi connectivity index (χ4n) is 3.76. The van der Waals surface area contributed by atoms with Crippen molar-refractivity contribution in [2.75, 3.05) is 0 Å². The molecule has 1 atom stereocenters. The minimum Gasteiger partial charge on any atom is -0.467 e. The van der Waals surface area contributed by atoms with Crippen LogP contribution in [-0.4, -0.2) is 15.5 Å². The van der Waals surface area contributed by atoms with Gasteiger partial charge in [0.05, 0.1) is 23.8 Å². The molecule has 0 aliphatic carbocycles. The van der Waals surface area contributed by atoms with E-state index in [4.69, 9.17) is 32.6 Å². The van der Waals surface area contributed by atoms with Gasteiger partial charge in [-0.1, -0.05) is 54.7 Å². The molecule has 1 N–H and O–H groups in total. The van der Waals surface area contributed by atoms with E-state index in [1.807, 2.05) is 53.1 Å². The number of fused-ring (bicyclic) bond motifs is 1. The van der Waals surface area contributed by atoms with Gasteiger partial charge >= 0.3 is 0 Å². The Balaban J connectivity index is 1.71. The van der Waals surface area contributed by atoms with E-state index in [2.05, 4.69) is 12.2 Å². The minimum atomic E-state index is -0.395. The Morgan fingerprint density at radius 3 is 2.74 bits per heavy atom. The van der Waals surface area contributed by atoms with Crippen LogP contribution < -0.4 is 5.32 Å². The summed E-state index contributed by atoms with van der Waals surface area (Å²) in [6, 6.07) is 16.6. The number of carbonyl (C=O) groups is 1. The number of rotatable bonds is 8. The fourth-order valence-corrected chi connectivity index (χ4v) is 4.23. The van der Waals surface area contributed by atoms with Crippen molar-refractivity contribution in [3.8, 4) is 0 Å². The van der Waals surface area contributed by atoms with Gasteiger partial charge in [-0.05, 0) is 48.4 Å². The van der Waals surface area contributed by atoms with Crippen LogP contribution in [0.15, 0.2) is 65.3 Å². The molecule has 4 aromatic rings. The maximum absolute atomic E-state index is 13.2. The molecule has 1 amide bonds. The summed E-state index contributed by atoms with van der Waals surface area (Å²) in [5.74, 6) is 1.44. The van der Waals surface area contributed by atoms with Crippen molar-refractivity contribution in [3.05, 3.63) is 88.1 Å². The van der Waals surface area contributed by atoms with Gasteiger partial charge in [0.25, 0.3) is 0 Å². The molecular formula is C24H23Cl2N3O2. The predicted molar refractivity (Wildman–Crippen MR) is 124 cm³/mol. The van der Waals surface area contributed by atoms with E-state index in [-0.39, 0.29) is 5.91 Å². The molecule has 0 radical (unpaired) electrons. The van der Waals surface area contributed by atoms with Crippen LogP contribution in [0.1, 0.15) is 43.0 Å². The Kier molecular flexibility index (Phi) is 6.64. The lowest BCUT2D eigenvalue weighted by atomic mass is 10.1. The van der Waals surface area contributed by atoms with Crippen molar-refractivity contribution >= 4 is 40.1 Å². The van der Waals surface area contributed by atoms with Crippen LogP contribution in [0, 0.1) is 0 Å². The van der Waals surface area contributed by atoms with E-state index in [1.165, 1.54) is 0 Å². The van der Waals surface area contributed by atoms with Crippen LogP contribution in [-0.2, 0) is 17.8 Å². The molecule has 0 fully saturated rings. The third kappa shape index (κ3) is 4.78. The van der Waals surface area contributed by atoms with Gasteiger partial charge in [-0.25, -0.2) is 4.98 Å². The normalized spacial score (nSPS) is 12.2. The van der Waals surface area contributed by atoms with Crippen LogP contribution in [0.3, 0.4) is 0 Å². The van der Waals surface area contributed by atoms with Crippen LogP contribution >= 0.6 is 23.2 Å². The first kappa shape index (κ1) is 21.5. The number of nitrogens with zero attached hydrogens (tertiary/aromatic N) is 2. The second-order valence-electron chi connectivity index (χ2n) is 7.40. The lowest BCUT2D eigenvalue weighted by Gasteiger charge is -2.21. The van der Waals surface area contributed by atoms with E-state index < -0.39 is 6.04 Å². The monoisotopic (exact) mass is 455 g/mol. The molecule has 160 valence electrons. The molecule has 7 heteroatoms. The van der Waals surface area contributed by atoms with Gasteiger partial charge in [0, 0.05) is 16.5 Å². The summed E-state index contributed by atoms with van der Waals surface area (Å²) >= 11 is 12.5. The number of para-hydroxylation sites is 2. The average Bonchev–Trinajstić information content (AvgIpc) is 3.40. The number of aromatic nitrogens is 2. The third-order valence-corrected chi connectivity index (χ3v) is 5.81. The predicted octanol–water partition coefficient (Wildman–Crippen LogP) is 6.18. The summed E-state index contributed by atoms with van der Waals surface area (Å²) in [5.41, 5.74) is 2.69. The average molecular weight is 456 g/mol. The quantitative estimate of drug-likeness (QED) is 0.344. The van der Waals surface area contributed by atoms with Crippen LogP contribution in [0.2, 0.25) is 10.0 Å². The Labute approximate surface area is 191 Å². The number of hydrogen-bond acceptors (Lipinski definition) is 3. The maximum Gasteiger partial charge on any atom is 0.243 e. The standard InChI is InChI=1S/C24H23Cl2N3O2/c1-2-6-22(24(30)27-15-18-7-5-12-31-18)29-21-9-4-3-8-20(21)28-23(29)13-16-10-11-17(25)14-19(16)26/h3-5,7-12,14,22H,2,6,13,15H2,1H3,(H,27,30).